The summed E-state index contributed by atoms with van der Waals surface area (Å²) in [5, 5.41) is 13.4. The molecule has 0 N–H and O–H groups in total. The van der Waals surface area contributed by atoms with Crippen LogP contribution in [-0.2, 0) is 38.1 Å². The summed E-state index contributed by atoms with van der Waals surface area (Å²) < 4.78 is 17.1. The number of hydrogen-bond acceptors (Lipinski definition) is 8. The third-order valence-corrected chi connectivity index (χ3v) is 7.75. The molecule has 0 aromatic heterocycles. The number of rotatable bonds is 4. The largest absolute Gasteiger partial charge is 0.466 e. The van der Waals surface area contributed by atoms with Gasteiger partial charge in [-0.15, -0.1) is 0 Å². The summed E-state index contributed by atoms with van der Waals surface area (Å²) in [6.07, 6.45) is 0. The number of fused-ring (bicyclic) bond motifs is 11. The highest BCUT2D eigenvalue weighted by molar-refractivity contribution is 6.39. The topological polar surface area (TPSA) is 105 Å². The van der Waals surface area contributed by atoms with Crippen molar-refractivity contribution in [3.8, 4) is 0 Å². The SMILES string of the molecule is C=C(C)C(=O)OC.C=C(C)C(=O)OC.C=C(C)C(=O)OC.C=C(C)C(=O)OC.c1ccc2c(c1)c1ccccc1c1c3ccccc3c3ccccc3c21. The minimum absolute atomic E-state index is 0.347. The van der Waals surface area contributed by atoms with Crippen molar-refractivity contribution in [2.24, 2.45) is 0 Å². The molecule has 0 aliphatic rings. The van der Waals surface area contributed by atoms with E-state index in [4.69, 9.17) is 0 Å². The van der Waals surface area contributed by atoms with Crippen LogP contribution in [-0.4, -0.2) is 52.3 Å². The van der Waals surface area contributed by atoms with E-state index in [1.807, 2.05) is 0 Å². The predicted octanol–water partition coefficient (Wildman–Crippen LogP) is 10.4. The van der Waals surface area contributed by atoms with Gasteiger partial charge in [0.15, 0.2) is 0 Å². The summed E-state index contributed by atoms with van der Waals surface area (Å²) in [5.74, 6) is -1.39. The van der Waals surface area contributed by atoms with E-state index in [0.29, 0.717) is 22.3 Å². The molecule has 6 aromatic carbocycles. The maximum atomic E-state index is 10.2. The van der Waals surface area contributed by atoms with Crippen molar-refractivity contribution in [3.05, 3.63) is 146 Å². The number of carbonyl (C=O) groups excluding carboxylic acids is 4. The lowest BCUT2D eigenvalue weighted by molar-refractivity contribution is -0.136. The van der Waals surface area contributed by atoms with E-state index >= 15 is 0 Å². The van der Waals surface area contributed by atoms with Gasteiger partial charge in [0.25, 0.3) is 0 Å². The number of methoxy groups -OCH3 is 4. The highest BCUT2D eigenvalue weighted by Gasteiger charge is 2.14. The van der Waals surface area contributed by atoms with Crippen molar-refractivity contribution in [2.75, 3.05) is 28.4 Å². The average molecular weight is 729 g/mol. The van der Waals surface area contributed by atoms with Gasteiger partial charge < -0.3 is 18.9 Å². The first-order valence-corrected chi connectivity index (χ1v) is 16.7. The Balaban J connectivity index is 0.000000297. The molecule has 6 aromatic rings. The Morgan fingerprint density at radius 2 is 0.481 bits per heavy atom. The smallest absolute Gasteiger partial charge is 0.332 e. The molecule has 6 rings (SSSR count). The van der Waals surface area contributed by atoms with Crippen molar-refractivity contribution >= 4 is 77.7 Å². The lowest BCUT2D eigenvalue weighted by Gasteiger charge is -2.16. The molecule has 0 aliphatic carbocycles. The minimum atomic E-state index is -0.347. The van der Waals surface area contributed by atoms with Gasteiger partial charge in [-0.3, -0.25) is 0 Å². The molecule has 0 fully saturated rings. The fraction of sp³-hybridized carbons (Fsp3) is 0.174. The maximum Gasteiger partial charge on any atom is 0.332 e. The molecule has 8 nitrogen and oxygen atoms in total. The van der Waals surface area contributed by atoms with Crippen LogP contribution in [0.2, 0.25) is 0 Å². The number of esters is 4. The molecule has 280 valence electrons. The fourth-order valence-electron chi connectivity index (χ4n) is 5.27. The molecular weight excluding hydrogens is 680 g/mol. The lowest BCUT2D eigenvalue weighted by atomic mass is 9.87. The van der Waals surface area contributed by atoms with Crippen LogP contribution in [0.5, 0.6) is 0 Å². The molecule has 0 amide bonds. The van der Waals surface area contributed by atoms with Gasteiger partial charge in [0.1, 0.15) is 0 Å². The van der Waals surface area contributed by atoms with Crippen LogP contribution < -0.4 is 0 Å². The summed E-state index contributed by atoms with van der Waals surface area (Å²) in [4.78, 5) is 40.8. The van der Waals surface area contributed by atoms with E-state index in [9.17, 15) is 19.2 Å². The summed E-state index contributed by atoms with van der Waals surface area (Å²) >= 11 is 0. The normalized spacial score (nSPS) is 9.70. The number of benzene rings is 6. The van der Waals surface area contributed by atoms with E-state index in [2.05, 4.69) is 142 Å². The second-order valence-corrected chi connectivity index (χ2v) is 12.0. The van der Waals surface area contributed by atoms with E-state index in [0.717, 1.165) is 0 Å². The van der Waals surface area contributed by atoms with E-state index in [1.54, 1.807) is 27.7 Å². The molecule has 0 saturated carbocycles. The highest BCUT2D eigenvalue weighted by atomic mass is 16.5. The van der Waals surface area contributed by atoms with Crippen LogP contribution in [0.4, 0.5) is 0 Å². The maximum absolute atomic E-state index is 10.2. The summed E-state index contributed by atoms with van der Waals surface area (Å²) in [6, 6.07) is 35.3. The molecule has 54 heavy (non-hydrogen) atoms. The van der Waals surface area contributed by atoms with Crippen molar-refractivity contribution in [3.63, 3.8) is 0 Å². The molecular formula is C46H48O8. The summed E-state index contributed by atoms with van der Waals surface area (Å²) in [7, 11) is 5.32. The summed E-state index contributed by atoms with van der Waals surface area (Å²) in [5.41, 5.74) is 1.73. The molecule has 0 bridgehead atoms. The van der Waals surface area contributed by atoms with Crippen molar-refractivity contribution < 1.29 is 38.1 Å². The van der Waals surface area contributed by atoms with Crippen molar-refractivity contribution in [1.29, 1.82) is 0 Å². The standard InChI is InChI=1S/C26H16.4C5H8O2/c1-5-13-21-17(9-1)18-10-2-6-14-22(18)26-24-16-8-4-12-20(24)19-11-3-7-15-23(19)25(21)26;4*1-4(2)5(6)7-3/h1-16H;4*1H2,2-3H3. The van der Waals surface area contributed by atoms with Gasteiger partial charge in [-0.05, 0) is 81.6 Å². The first-order chi connectivity index (χ1) is 25.7. The van der Waals surface area contributed by atoms with Gasteiger partial charge in [0, 0.05) is 22.3 Å². The zero-order valence-electron chi connectivity index (χ0n) is 32.3. The Labute approximate surface area is 317 Å². The van der Waals surface area contributed by atoms with Crippen LogP contribution >= 0.6 is 0 Å². The first kappa shape index (κ1) is 43.6. The summed E-state index contributed by atoms with van der Waals surface area (Å²) in [6.45, 7) is 19.8. The van der Waals surface area contributed by atoms with Crippen LogP contribution in [0.3, 0.4) is 0 Å². The van der Waals surface area contributed by atoms with Crippen molar-refractivity contribution in [1.82, 2.24) is 0 Å². The predicted molar refractivity (Wildman–Crippen MR) is 221 cm³/mol. The van der Waals surface area contributed by atoms with Crippen LogP contribution in [0.1, 0.15) is 27.7 Å². The number of hydrogen-bond donors (Lipinski definition) is 0. The van der Waals surface area contributed by atoms with Gasteiger partial charge >= 0.3 is 23.9 Å². The fourth-order valence-corrected chi connectivity index (χ4v) is 5.27. The van der Waals surface area contributed by atoms with Crippen LogP contribution in [0.25, 0.3) is 53.9 Å². The number of ether oxygens (including phenoxy) is 4. The Morgan fingerprint density at radius 3 is 0.593 bits per heavy atom. The zero-order valence-corrected chi connectivity index (χ0v) is 32.3. The van der Waals surface area contributed by atoms with E-state index < -0.39 is 0 Å². The van der Waals surface area contributed by atoms with Crippen molar-refractivity contribution in [2.45, 2.75) is 27.7 Å². The third kappa shape index (κ3) is 11.2. The molecule has 8 heteroatoms. The van der Waals surface area contributed by atoms with Crippen LogP contribution in [0, 0.1) is 0 Å². The second kappa shape index (κ2) is 21.1. The van der Waals surface area contributed by atoms with Gasteiger partial charge in [0.05, 0.1) is 28.4 Å². The van der Waals surface area contributed by atoms with Crippen LogP contribution in [0.15, 0.2) is 146 Å². The van der Waals surface area contributed by atoms with Gasteiger partial charge in [-0.1, -0.05) is 123 Å². The van der Waals surface area contributed by atoms with Gasteiger partial charge in [0.2, 0.25) is 0 Å². The zero-order chi connectivity index (χ0) is 40.5. The Morgan fingerprint density at radius 1 is 0.333 bits per heavy atom. The molecule has 0 aliphatic heterocycles. The van der Waals surface area contributed by atoms with Gasteiger partial charge in [-0.2, -0.15) is 0 Å². The monoisotopic (exact) mass is 728 g/mol. The molecule has 0 unspecified atom stereocenters. The second-order valence-electron chi connectivity index (χ2n) is 12.0. The quantitative estimate of drug-likeness (QED) is 0.0764. The molecule has 0 saturated heterocycles. The van der Waals surface area contributed by atoms with E-state index in [-0.39, 0.29) is 23.9 Å². The third-order valence-electron chi connectivity index (χ3n) is 7.75. The minimum Gasteiger partial charge on any atom is -0.466 e. The van der Waals surface area contributed by atoms with Gasteiger partial charge in [-0.25, -0.2) is 19.2 Å². The molecule has 0 heterocycles. The molecule has 0 radical (unpaired) electrons. The first-order valence-electron chi connectivity index (χ1n) is 16.7. The Bertz CT molecular complexity index is 2040. The van der Waals surface area contributed by atoms with E-state index in [1.165, 1.54) is 82.3 Å². The highest BCUT2D eigenvalue weighted by Crippen LogP contribution is 2.43. The molecule has 0 atom stereocenters. The molecule has 0 spiro atoms. The number of carbonyl (C=O) groups is 4. The Kier molecular flexibility index (Phi) is 17.0. The Hall–Kier alpha value is -6.54. The lowest BCUT2D eigenvalue weighted by Crippen LogP contribution is -1.98. The average Bonchev–Trinajstić information content (AvgIpc) is 3.20.